The van der Waals surface area contributed by atoms with E-state index in [1.807, 2.05) is 36.4 Å². The zero-order valence-corrected chi connectivity index (χ0v) is 18.7. The minimum atomic E-state index is -0.492. The topological polar surface area (TPSA) is 128 Å². The summed E-state index contributed by atoms with van der Waals surface area (Å²) in [5, 5.41) is 28.7. The zero-order chi connectivity index (χ0) is 23.8. The molecule has 3 heterocycles. The summed E-state index contributed by atoms with van der Waals surface area (Å²) in [5.41, 5.74) is 4.88. The van der Waals surface area contributed by atoms with Crippen molar-refractivity contribution < 1.29 is 19.5 Å². The van der Waals surface area contributed by atoms with Crippen molar-refractivity contribution in [1.82, 2.24) is 20.1 Å². The van der Waals surface area contributed by atoms with Crippen LogP contribution in [0, 0.1) is 5.21 Å². The molecule has 10 heteroatoms. The Labute approximate surface area is 195 Å². The van der Waals surface area contributed by atoms with Crippen LogP contribution in [0.4, 0.5) is 5.69 Å². The SMILES string of the molecule is COC(=O)C1Cc2c([nH]c3ccccc23)C(c2ccc(OC)c(Cn3cc(N([O-])O)cn3)c2)N1. The maximum absolute atomic E-state index is 12.5. The van der Waals surface area contributed by atoms with Gasteiger partial charge in [-0.25, -0.2) is 0 Å². The van der Waals surface area contributed by atoms with Gasteiger partial charge in [0.1, 0.15) is 11.8 Å². The van der Waals surface area contributed by atoms with Crippen LogP contribution < -0.4 is 15.3 Å². The molecular formula is C24H24N5O5-. The first-order valence-corrected chi connectivity index (χ1v) is 10.8. The normalized spacial score (nSPS) is 17.4. The molecule has 1 aliphatic heterocycles. The smallest absolute Gasteiger partial charge is 0.323 e. The molecule has 0 aliphatic carbocycles. The molecule has 0 fully saturated rings. The second-order valence-electron chi connectivity index (χ2n) is 8.18. The number of hydrogen-bond acceptors (Lipinski definition) is 8. The van der Waals surface area contributed by atoms with E-state index >= 15 is 0 Å². The van der Waals surface area contributed by atoms with Crippen molar-refractivity contribution in [1.29, 1.82) is 0 Å². The molecule has 2 atom stereocenters. The molecule has 5 rings (SSSR count). The summed E-state index contributed by atoms with van der Waals surface area (Å²) in [6.45, 7) is 0.317. The van der Waals surface area contributed by atoms with Gasteiger partial charge in [0.15, 0.2) is 0 Å². The largest absolute Gasteiger partial charge is 0.733 e. The average Bonchev–Trinajstić information content (AvgIpc) is 3.47. The van der Waals surface area contributed by atoms with Gasteiger partial charge in [-0.3, -0.25) is 20.0 Å². The molecular weight excluding hydrogens is 438 g/mol. The minimum Gasteiger partial charge on any atom is -0.733 e. The molecule has 2 aromatic heterocycles. The Kier molecular flexibility index (Phi) is 5.70. The number of nitrogens with zero attached hydrogens (tertiary/aromatic N) is 3. The summed E-state index contributed by atoms with van der Waals surface area (Å²) >= 11 is 0. The molecule has 3 N–H and O–H groups in total. The monoisotopic (exact) mass is 462 g/mol. The first-order chi connectivity index (χ1) is 16.5. The van der Waals surface area contributed by atoms with Gasteiger partial charge in [0, 0.05) is 28.6 Å². The summed E-state index contributed by atoms with van der Waals surface area (Å²) in [7, 11) is 2.98. The van der Waals surface area contributed by atoms with Crippen LogP contribution in [0.1, 0.15) is 28.4 Å². The number of aromatic nitrogens is 3. The van der Waals surface area contributed by atoms with Crippen molar-refractivity contribution in [2.24, 2.45) is 0 Å². The van der Waals surface area contributed by atoms with Crippen molar-refractivity contribution in [3.8, 4) is 5.75 Å². The fraction of sp³-hybridized carbons (Fsp3) is 0.250. The maximum atomic E-state index is 12.5. The summed E-state index contributed by atoms with van der Waals surface area (Å²) in [6.07, 6.45) is 3.25. The van der Waals surface area contributed by atoms with E-state index in [9.17, 15) is 10.0 Å². The second-order valence-corrected chi connectivity index (χ2v) is 8.18. The molecule has 1 aliphatic rings. The second kappa shape index (κ2) is 8.82. The molecule has 0 spiro atoms. The standard InChI is InChI=1S/C24H24N5O5/c1-33-21-8-7-14(9-15(21)12-28-13-16(11-25-28)29(31)32)22-23-18(10-20(27-22)24(30)34-2)17-5-3-4-6-19(17)26-23/h3-9,11,13,20,22,26-27,31H,10,12H2,1-2H3/q-1. The molecule has 0 radical (unpaired) electrons. The Balaban J connectivity index is 1.56. The highest BCUT2D eigenvalue weighted by Gasteiger charge is 2.34. The summed E-state index contributed by atoms with van der Waals surface area (Å²) in [6, 6.07) is 13.1. The number of benzene rings is 2. The third-order valence-corrected chi connectivity index (χ3v) is 6.21. The van der Waals surface area contributed by atoms with Crippen molar-refractivity contribution in [2.45, 2.75) is 25.0 Å². The summed E-state index contributed by atoms with van der Waals surface area (Å²) < 4.78 is 12.1. The lowest BCUT2D eigenvalue weighted by Gasteiger charge is -2.30. The lowest BCUT2D eigenvalue weighted by molar-refractivity contribution is -0.143. The Hall–Kier alpha value is -3.86. The number of methoxy groups -OCH3 is 2. The molecule has 0 bridgehead atoms. The number of para-hydroxylation sites is 1. The third kappa shape index (κ3) is 3.87. The summed E-state index contributed by atoms with van der Waals surface area (Å²) in [4.78, 5) is 16.0. The quantitative estimate of drug-likeness (QED) is 0.295. The molecule has 2 unspecified atom stereocenters. The van der Waals surface area contributed by atoms with Gasteiger partial charge in [0.25, 0.3) is 0 Å². The predicted octanol–water partition coefficient (Wildman–Crippen LogP) is 2.89. The number of H-pyrrole nitrogens is 1. The van der Waals surface area contributed by atoms with E-state index in [1.165, 1.54) is 24.2 Å². The highest BCUT2D eigenvalue weighted by Crippen LogP contribution is 2.36. The fourth-order valence-corrected chi connectivity index (χ4v) is 4.61. The Morgan fingerprint density at radius 1 is 1.29 bits per heavy atom. The molecule has 176 valence electrons. The van der Waals surface area contributed by atoms with E-state index in [0.717, 1.165) is 33.3 Å². The van der Waals surface area contributed by atoms with Crippen LogP contribution in [0.5, 0.6) is 5.75 Å². The van der Waals surface area contributed by atoms with Gasteiger partial charge < -0.3 is 24.9 Å². The number of ether oxygens (including phenoxy) is 2. The number of carbonyl (C=O) groups excluding carboxylic acids is 1. The van der Waals surface area contributed by atoms with Crippen LogP contribution >= 0.6 is 0 Å². The first kappa shape index (κ1) is 22.0. The van der Waals surface area contributed by atoms with Gasteiger partial charge in [-0.15, -0.1) is 0 Å². The number of rotatable bonds is 6. The van der Waals surface area contributed by atoms with E-state index in [1.54, 1.807) is 7.11 Å². The van der Waals surface area contributed by atoms with Gasteiger partial charge in [-0.2, -0.15) is 5.10 Å². The number of esters is 1. The van der Waals surface area contributed by atoms with Gasteiger partial charge in [-0.1, -0.05) is 24.3 Å². The van der Waals surface area contributed by atoms with Crippen molar-refractivity contribution in [3.05, 3.63) is 82.4 Å². The van der Waals surface area contributed by atoms with Crippen LogP contribution in [0.15, 0.2) is 54.9 Å². The maximum Gasteiger partial charge on any atom is 0.323 e. The van der Waals surface area contributed by atoms with Crippen LogP contribution in [0.3, 0.4) is 0 Å². The number of hydrogen-bond donors (Lipinski definition) is 3. The Bertz CT molecular complexity index is 1340. The third-order valence-electron chi connectivity index (χ3n) is 6.21. The van der Waals surface area contributed by atoms with E-state index in [-0.39, 0.29) is 22.9 Å². The summed E-state index contributed by atoms with van der Waals surface area (Å²) in [5.74, 6) is 0.339. The highest BCUT2D eigenvalue weighted by atomic mass is 16.8. The zero-order valence-electron chi connectivity index (χ0n) is 18.7. The average molecular weight is 462 g/mol. The molecule has 4 aromatic rings. The molecule has 0 saturated heterocycles. The van der Waals surface area contributed by atoms with Crippen molar-refractivity contribution in [2.75, 3.05) is 19.4 Å². The van der Waals surface area contributed by atoms with Gasteiger partial charge in [-0.05, 0) is 29.3 Å². The van der Waals surface area contributed by atoms with E-state index in [2.05, 4.69) is 21.5 Å². The number of nitrogens with one attached hydrogen (secondary N) is 2. The van der Waals surface area contributed by atoms with Gasteiger partial charge in [0.2, 0.25) is 0 Å². The fourth-order valence-electron chi connectivity index (χ4n) is 4.61. The van der Waals surface area contributed by atoms with Crippen molar-refractivity contribution >= 4 is 22.6 Å². The van der Waals surface area contributed by atoms with Crippen molar-refractivity contribution in [3.63, 3.8) is 0 Å². The lowest BCUT2D eigenvalue weighted by atomic mass is 9.89. The van der Waals surface area contributed by atoms with E-state index < -0.39 is 6.04 Å². The van der Waals surface area contributed by atoms with E-state index in [4.69, 9.17) is 14.7 Å². The van der Waals surface area contributed by atoms with Crippen LogP contribution in [-0.2, 0) is 22.5 Å². The van der Waals surface area contributed by atoms with Gasteiger partial charge >= 0.3 is 5.97 Å². The molecule has 0 amide bonds. The van der Waals surface area contributed by atoms with Gasteiger partial charge in [0.05, 0.1) is 44.9 Å². The predicted molar refractivity (Wildman–Crippen MR) is 125 cm³/mol. The number of anilines is 1. The van der Waals surface area contributed by atoms with Crippen LogP contribution in [0.2, 0.25) is 0 Å². The van der Waals surface area contributed by atoms with E-state index in [0.29, 0.717) is 18.7 Å². The highest BCUT2D eigenvalue weighted by molar-refractivity contribution is 5.87. The van der Waals surface area contributed by atoms with Crippen LogP contribution in [-0.4, -0.2) is 46.2 Å². The molecule has 10 nitrogen and oxygen atoms in total. The Morgan fingerprint density at radius 2 is 2.12 bits per heavy atom. The van der Waals surface area contributed by atoms with Crippen LogP contribution in [0.25, 0.3) is 10.9 Å². The molecule has 0 saturated carbocycles. The Morgan fingerprint density at radius 3 is 2.85 bits per heavy atom. The number of carbonyl (C=O) groups is 1. The molecule has 2 aromatic carbocycles. The minimum absolute atomic E-state index is 0.0349. The number of fused-ring (bicyclic) bond motifs is 3. The number of aromatic amines is 1. The lowest BCUT2D eigenvalue weighted by Crippen LogP contribution is -2.45. The molecule has 34 heavy (non-hydrogen) atoms. The first-order valence-electron chi connectivity index (χ1n) is 10.8.